The molecule has 0 aliphatic heterocycles. The normalized spacial score (nSPS) is 16.8. The first-order valence-electron chi connectivity index (χ1n) is 6.38. The van der Waals surface area contributed by atoms with Crippen LogP contribution in [0, 0.1) is 12.8 Å². The van der Waals surface area contributed by atoms with Crippen molar-refractivity contribution in [1.82, 2.24) is 4.98 Å². The van der Waals surface area contributed by atoms with Crippen molar-refractivity contribution < 1.29 is 5.11 Å². The number of aryl methyl sites for hydroxylation is 1. The first-order chi connectivity index (χ1) is 8.72. The summed E-state index contributed by atoms with van der Waals surface area (Å²) in [7, 11) is 0. The minimum Gasteiger partial charge on any atom is -0.392 e. The Labute approximate surface area is 111 Å². The smallest absolute Gasteiger partial charge is 0.0897 e. The fraction of sp³-hybridized carbons (Fsp3) is 0.400. The van der Waals surface area contributed by atoms with Crippen LogP contribution >= 0.6 is 11.3 Å². The van der Waals surface area contributed by atoms with Gasteiger partial charge in [-0.3, -0.25) is 0 Å². The first-order valence-corrected chi connectivity index (χ1v) is 7.26. The Morgan fingerprint density at radius 2 is 2.00 bits per heavy atom. The highest BCUT2D eigenvalue weighted by Gasteiger charge is 2.27. The minimum atomic E-state index is -0.279. The van der Waals surface area contributed by atoms with Gasteiger partial charge in [-0.25, -0.2) is 4.98 Å². The molecule has 0 bridgehead atoms. The fourth-order valence-corrected chi connectivity index (χ4v) is 3.37. The number of benzene rings is 1. The van der Waals surface area contributed by atoms with Crippen LogP contribution in [0.15, 0.2) is 29.6 Å². The van der Waals surface area contributed by atoms with Gasteiger partial charge < -0.3 is 5.11 Å². The van der Waals surface area contributed by atoms with Crippen LogP contribution in [0.3, 0.4) is 0 Å². The molecule has 2 aromatic rings. The van der Waals surface area contributed by atoms with Gasteiger partial charge in [-0.2, -0.15) is 0 Å². The zero-order valence-corrected chi connectivity index (χ0v) is 11.3. The molecule has 1 heterocycles. The van der Waals surface area contributed by atoms with Crippen molar-refractivity contribution in [3.05, 3.63) is 51.5 Å². The Balaban J connectivity index is 1.67. The number of fused-ring (bicyclic) bond motifs is 1. The number of hydrogen-bond acceptors (Lipinski definition) is 3. The van der Waals surface area contributed by atoms with Gasteiger partial charge in [0.05, 0.1) is 16.8 Å². The standard InChI is InChI=1S/C15H17NOS/c1-10-16-14(9-18-10)8-15(17)13-6-11-4-2-3-5-12(11)7-13/h2-5,9,13,15,17H,6-8H2,1H3. The third-order valence-electron chi connectivity index (χ3n) is 3.71. The third-order valence-corrected chi connectivity index (χ3v) is 4.53. The third kappa shape index (κ3) is 2.33. The second-order valence-corrected chi connectivity index (χ2v) is 6.13. The lowest BCUT2D eigenvalue weighted by molar-refractivity contribution is 0.112. The summed E-state index contributed by atoms with van der Waals surface area (Å²) in [6, 6.07) is 8.51. The summed E-state index contributed by atoms with van der Waals surface area (Å²) >= 11 is 1.65. The minimum absolute atomic E-state index is 0.279. The number of aliphatic hydroxyl groups excluding tert-OH is 1. The summed E-state index contributed by atoms with van der Waals surface area (Å²) in [4.78, 5) is 4.43. The molecular weight excluding hydrogens is 242 g/mol. The highest BCUT2D eigenvalue weighted by Crippen LogP contribution is 2.29. The largest absolute Gasteiger partial charge is 0.392 e. The highest BCUT2D eigenvalue weighted by atomic mass is 32.1. The second kappa shape index (κ2) is 4.82. The molecule has 0 saturated carbocycles. The van der Waals surface area contributed by atoms with Crippen molar-refractivity contribution in [3.63, 3.8) is 0 Å². The summed E-state index contributed by atoms with van der Waals surface area (Å²) in [6.07, 6.45) is 2.41. The van der Waals surface area contributed by atoms with Gasteiger partial charge in [0.25, 0.3) is 0 Å². The highest BCUT2D eigenvalue weighted by molar-refractivity contribution is 7.09. The van der Waals surface area contributed by atoms with Gasteiger partial charge in [0.15, 0.2) is 0 Å². The van der Waals surface area contributed by atoms with Crippen LogP contribution in [0.1, 0.15) is 21.8 Å². The van der Waals surface area contributed by atoms with Gasteiger partial charge in [0, 0.05) is 11.8 Å². The van der Waals surface area contributed by atoms with Gasteiger partial charge in [-0.05, 0) is 36.8 Å². The van der Waals surface area contributed by atoms with Crippen LogP contribution in [-0.4, -0.2) is 16.2 Å². The van der Waals surface area contributed by atoms with Gasteiger partial charge in [-0.1, -0.05) is 24.3 Å². The Morgan fingerprint density at radius 1 is 1.33 bits per heavy atom. The number of aliphatic hydroxyl groups is 1. The molecule has 0 fully saturated rings. The van der Waals surface area contributed by atoms with Crippen LogP contribution < -0.4 is 0 Å². The molecule has 0 saturated heterocycles. The molecule has 0 amide bonds. The summed E-state index contributed by atoms with van der Waals surface area (Å²) < 4.78 is 0. The zero-order chi connectivity index (χ0) is 12.5. The molecule has 0 radical (unpaired) electrons. The van der Waals surface area contributed by atoms with Crippen LogP contribution in [0.2, 0.25) is 0 Å². The number of nitrogens with zero attached hydrogens (tertiary/aromatic N) is 1. The lowest BCUT2D eigenvalue weighted by Gasteiger charge is -2.16. The van der Waals surface area contributed by atoms with E-state index in [1.807, 2.05) is 6.92 Å². The number of hydrogen-bond donors (Lipinski definition) is 1. The van der Waals surface area contributed by atoms with Crippen LogP contribution in [0.5, 0.6) is 0 Å². The van der Waals surface area contributed by atoms with Crippen molar-refractivity contribution >= 4 is 11.3 Å². The van der Waals surface area contributed by atoms with Gasteiger partial charge in [0.2, 0.25) is 0 Å². The van der Waals surface area contributed by atoms with Crippen LogP contribution in [0.25, 0.3) is 0 Å². The average Bonchev–Trinajstić information content (AvgIpc) is 2.95. The Hall–Kier alpha value is -1.19. The summed E-state index contributed by atoms with van der Waals surface area (Å²) in [5.74, 6) is 0.351. The molecule has 1 aliphatic carbocycles. The van der Waals surface area contributed by atoms with E-state index in [0.717, 1.165) is 23.5 Å². The van der Waals surface area contributed by atoms with E-state index < -0.39 is 0 Å². The van der Waals surface area contributed by atoms with E-state index in [2.05, 4.69) is 34.6 Å². The van der Waals surface area contributed by atoms with Gasteiger partial charge >= 0.3 is 0 Å². The molecular formula is C15H17NOS. The molecule has 1 atom stereocenters. The second-order valence-electron chi connectivity index (χ2n) is 5.07. The summed E-state index contributed by atoms with van der Waals surface area (Å²) in [6.45, 7) is 2.01. The molecule has 1 N–H and O–H groups in total. The maximum Gasteiger partial charge on any atom is 0.0897 e. The molecule has 3 rings (SSSR count). The molecule has 1 aromatic heterocycles. The molecule has 1 aliphatic rings. The summed E-state index contributed by atoms with van der Waals surface area (Å²) in [5.41, 5.74) is 3.83. The Morgan fingerprint density at radius 3 is 2.56 bits per heavy atom. The van der Waals surface area contributed by atoms with E-state index in [1.165, 1.54) is 11.1 Å². The van der Waals surface area contributed by atoms with Crippen LogP contribution in [0.4, 0.5) is 0 Å². The van der Waals surface area contributed by atoms with Gasteiger partial charge in [-0.15, -0.1) is 11.3 Å². The van der Waals surface area contributed by atoms with Crippen molar-refractivity contribution in [1.29, 1.82) is 0 Å². The maximum absolute atomic E-state index is 10.3. The molecule has 94 valence electrons. The molecule has 1 aromatic carbocycles. The van der Waals surface area contributed by atoms with E-state index in [-0.39, 0.29) is 6.10 Å². The van der Waals surface area contributed by atoms with E-state index in [9.17, 15) is 5.11 Å². The Kier molecular flexibility index (Phi) is 3.18. The monoisotopic (exact) mass is 259 g/mol. The number of aromatic nitrogens is 1. The van der Waals surface area contributed by atoms with E-state index in [1.54, 1.807) is 11.3 Å². The van der Waals surface area contributed by atoms with Crippen molar-refractivity contribution in [2.24, 2.45) is 5.92 Å². The lowest BCUT2D eigenvalue weighted by Crippen LogP contribution is -2.23. The number of rotatable bonds is 3. The predicted molar refractivity (Wildman–Crippen MR) is 73.9 cm³/mol. The van der Waals surface area contributed by atoms with Crippen molar-refractivity contribution in [2.75, 3.05) is 0 Å². The maximum atomic E-state index is 10.3. The number of thiazole rings is 1. The zero-order valence-electron chi connectivity index (χ0n) is 10.5. The van der Waals surface area contributed by atoms with E-state index in [4.69, 9.17) is 0 Å². The Bertz CT molecular complexity index is 524. The van der Waals surface area contributed by atoms with Gasteiger partial charge in [0.1, 0.15) is 0 Å². The first kappa shape index (κ1) is 11.9. The lowest BCUT2D eigenvalue weighted by atomic mass is 9.96. The van der Waals surface area contributed by atoms with Crippen molar-refractivity contribution in [3.8, 4) is 0 Å². The van der Waals surface area contributed by atoms with Crippen LogP contribution in [-0.2, 0) is 19.3 Å². The van der Waals surface area contributed by atoms with E-state index >= 15 is 0 Å². The van der Waals surface area contributed by atoms with Crippen molar-refractivity contribution in [2.45, 2.75) is 32.3 Å². The topological polar surface area (TPSA) is 33.1 Å². The average molecular weight is 259 g/mol. The summed E-state index contributed by atoms with van der Waals surface area (Å²) in [5, 5.41) is 13.5. The fourth-order valence-electron chi connectivity index (χ4n) is 2.75. The van der Waals surface area contributed by atoms with E-state index in [0.29, 0.717) is 12.3 Å². The molecule has 18 heavy (non-hydrogen) atoms. The molecule has 0 spiro atoms. The molecule has 2 nitrogen and oxygen atoms in total. The molecule has 1 unspecified atom stereocenters. The molecule has 3 heteroatoms. The SMILES string of the molecule is Cc1nc(CC(O)C2Cc3ccccc3C2)cs1. The predicted octanol–water partition coefficient (Wildman–Crippen LogP) is 2.77. The quantitative estimate of drug-likeness (QED) is 0.919.